The fourth-order valence-corrected chi connectivity index (χ4v) is 4.88. The zero-order valence-electron chi connectivity index (χ0n) is 17.6. The minimum absolute atomic E-state index is 0.0347. The van der Waals surface area contributed by atoms with Crippen molar-refractivity contribution < 1.29 is 22.7 Å². The Balaban J connectivity index is 1.26. The zero-order valence-corrected chi connectivity index (χ0v) is 19.2. The SMILES string of the molecule is O=C(CCNS(=O)(=O)c1ccc2c(c1)OCCCO2)N1CCN(c2ccc(Cl)cc2)CC1. The molecule has 0 saturated carbocycles. The molecule has 4 rings (SSSR count). The number of carbonyl (C=O) groups excluding carboxylic acids is 1. The smallest absolute Gasteiger partial charge is 0.240 e. The quantitative estimate of drug-likeness (QED) is 0.685. The normalized spacial score (nSPS) is 16.5. The molecular weight excluding hydrogens is 454 g/mol. The van der Waals surface area contributed by atoms with Crippen molar-refractivity contribution in [2.45, 2.75) is 17.7 Å². The van der Waals surface area contributed by atoms with Crippen LogP contribution >= 0.6 is 11.6 Å². The number of ether oxygens (including phenoxy) is 2. The summed E-state index contributed by atoms with van der Waals surface area (Å²) >= 11 is 5.94. The highest BCUT2D eigenvalue weighted by Crippen LogP contribution is 2.31. The predicted octanol–water partition coefficient (Wildman–Crippen LogP) is 2.52. The summed E-state index contributed by atoms with van der Waals surface area (Å²) in [4.78, 5) is 16.6. The molecule has 2 aliphatic rings. The molecule has 2 heterocycles. The van der Waals surface area contributed by atoms with E-state index in [0.717, 1.165) is 25.2 Å². The molecule has 0 aromatic heterocycles. The summed E-state index contributed by atoms with van der Waals surface area (Å²) < 4.78 is 38.9. The fraction of sp³-hybridized carbons (Fsp3) is 0.409. The maximum atomic E-state index is 12.6. The Morgan fingerprint density at radius 2 is 1.66 bits per heavy atom. The van der Waals surface area contributed by atoms with Crippen LogP contribution in [0, 0.1) is 0 Å². The largest absolute Gasteiger partial charge is 0.490 e. The summed E-state index contributed by atoms with van der Waals surface area (Å²) in [6.45, 7) is 3.67. The molecule has 1 amide bonds. The molecule has 32 heavy (non-hydrogen) atoms. The lowest BCUT2D eigenvalue weighted by Gasteiger charge is -2.36. The van der Waals surface area contributed by atoms with Crippen molar-refractivity contribution in [3.63, 3.8) is 0 Å². The van der Waals surface area contributed by atoms with Crippen molar-refractivity contribution in [2.24, 2.45) is 0 Å². The third kappa shape index (κ3) is 5.46. The number of rotatable bonds is 6. The lowest BCUT2D eigenvalue weighted by molar-refractivity contribution is -0.131. The Labute approximate surface area is 193 Å². The van der Waals surface area contributed by atoms with Gasteiger partial charge in [-0.3, -0.25) is 4.79 Å². The van der Waals surface area contributed by atoms with Crippen molar-refractivity contribution >= 4 is 33.2 Å². The number of carbonyl (C=O) groups is 1. The summed E-state index contributed by atoms with van der Waals surface area (Å²) in [5.74, 6) is 0.886. The van der Waals surface area contributed by atoms with Crippen molar-refractivity contribution in [3.05, 3.63) is 47.5 Å². The molecule has 0 atom stereocenters. The van der Waals surface area contributed by atoms with Crippen molar-refractivity contribution in [3.8, 4) is 11.5 Å². The van der Waals surface area contributed by atoms with Gasteiger partial charge in [-0.1, -0.05) is 11.6 Å². The van der Waals surface area contributed by atoms with Crippen molar-refractivity contribution in [1.29, 1.82) is 0 Å². The second-order valence-corrected chi connectivity index (χ2v) is 9.85. The van der Waals surface area contributed by atoms with Crippen LogP contribution in [0.3, 0.4) is 0 Å². The van der Waals surface area contributed by atoms with E-state index >= 15 is 0 Å². The molecule has 2 aromatic rings. The Bertz CT molecular complexity index is 1050. The number of fused-ring (bicyclic) bond motifs is 1. The third-order valence-electron chi connectivity index (χ3n) is 5.48. The van der Waals surface area contributed by atoms with Crippen LogP contribution in [0.1, 0.15) is 12.8 Å². The highest BCUT2D eigenvalue weighted by Gasteiger charge is 2.23. The number of benzene rings is 2. The topological polar surface area (TPSA) is 88.2 Å². The molecule has 1 saturated heterocycles. The first-order valence-corrected chi connectivity index (χ1v) is 12.5. The summed E-state index contributed by atoms with van der Waals surface area (Å²) in [7, 11) is -3.76. The zero-order chi connectivity index (χ0) is 22.6. The van der Waals surface area contributed by atoms with Gasteiger partial charge in [0.05, 0.1) is 18.1 Å². The lowest BCUT2D eigenvalue weighted by Crippen LogP contribution is -2.49. The highest BCUT2D eigenvalue weighted by atomic mass is 35.5. The van der Waals surface area contributed by atoms with Crippen LogP contribution in [0.2, 0.25) is 5.02 Å². The molecule has 0 radical (unpaired) electrons. The van der Waals surface area contributed by atoms with E-state index in [-0.39, 0.29) is 23.8 Å². The average Bonchev–Trinajstić information content (AvgIpc) is 3.04. The number of nitrogens with zero attached hydrogens (tertiary/aromatic N) is 2. The van der Waals surface area contributed by atoms with Crippen LogP contribution in [0.15, 0.2) is 47.4 Å². The minimum atomic E-state index is -3.76. The Morgan fingerprint density at radius 3 is 2.38 bits per heavy atom. The van der Waals surface area contributed by atoms with Gasteiger partial charge in [0.25, 0.3) is 0 Å². The van der Waals surface area contributed by atoms with Crippen LogP contribution in [-0.4, -0.2) is 65.2 Å². The Kier molecular flexibility index (Phi) is 7.07. The average molecular weight is 480 g/mol. The van der Waals surface area contributed by atoms with Gasteiger partial charge in [0.2, 0.25) is 15.9 Å². The monoisotopic (exact) mass is 479 g/mol. The van der Waals surface area contributed by atoms with Gasteiger partial charge >= 0.3 is 0 Å². The standard InChI is InChI=1S/C22H26ClN3O5S/c23-17-2-4-18(5-3-17)25-10-12-26(13-11-25)22(27)8-9-24-32(28,29)19-6-7-20-21(16-19)31-15-1-14-30-20/h2-7,16,24H,1,8-15H2. The predicted molar refractivity (Wildman–Crippen MR) is 122 cm³/mol. The van der Waals surface area contributed by atoms with Gasteiger partial charge < -0.3 is 19.3 Å². The molecular formula is C22H26ClN3O5S. The van der Waals surface area contributed by atoms with Crippen molar-refractivity contribution in [1.82, 2.24) is 9.62 Å². The first-order valence-electron chi connectivity index (χ1n) is 10.6. The van der Waals surface area contributed by atoms with Crippen LogP contribution in [0.4, 0.5) is 5.69 Å². The molecule has 172 valence electrons. The van der Waals surface area contributed by atoms with Gasteiger partial charge in [0.1, 0.15) is 0 Å². The number of anilines is 1. The summed E-state index contributed by atoms with van der Waals surface area (Å²) in [6, 6.07) is 12.2. The summed E-state index contributed by atoms with van der Waals surface area (Å²) in [5.41, 5.74) is 1.07. The summed E-state index contributed by atoms with van der Waals surface area (Å²) in [5, 5.41) is 0.691. The second-order valence-electron chi connectivity index (χ2n) is 7.65. The van der Waals surface area contributed by atoms with E-state index in [1.165, 1.54) is 12.1 Å². The minimum Gasteiger partial charge on any atom is -0.490 e. The second kappa shape index (κ2) is 9.97. The first kappa shape index (κ1) is 22.7. The fourth-order valence-electron chi connectivity index (χ4n) is 3.71. The maximum absolute atomic E-state index is 12.6. The van der Waals surface area contributed by atoms with E-state index in [1.807, 2.05) is 24.3 Å². The maximum Gasteiger partial charge on any atom is 0.240 e. The molecule has 1 N–H and O–H groups in total. The highest BCUT2D eigenvalue weighted by molar-refractivity contribution is 7.89. The number of nitrogens with one attached hydrogen (secondary N) is 1. The number of halogens is 1. The van der Waals surface area contributed by atoms with E-state index in [0.29, 0.717) is 42.8 Å². The van der Waals surface area contributed by atoms with Gasteiger partial charge in [0.15, 0.2) is 11.5 Å². The van der Waals surface area contributed by atoms with Crippen LogP contribution in [0.5, 0.6) is 11.5 Å². The van der Waals surface area contributed by atoms with E-state index in [9.17, 15) is 13.2 Å². The molecule has 0 aliphatic carbocycles. The molecule has 0 unspecified atom stereocenters. The molecule has 2 aliphatic heterocycles. The third-order valence-corrected chi connectivity index (χ3v) is 7.20. The van der Waals surface area contributed by atoms with Gasteiger partial charge in [-0.05, 0) is 36.4 Å². The molecule has 8 nitrogen and oxygen atoms in total. The Hall–Kier alpha value is -2.49. The van der Waals surface area contributed by atoms with E-state index < -0.39 is 10.0 Å². The van der Waals surface area contributed by atoms with Crippen LogP contribution < -0.4 is 19.1 Å². The number of sulfonamides is 1. The molecule has 0 spiro atoms. The first-order chi connectivity index (χ1) is 15.4. The van der Waals surface area contributed by atoms with E-state index in [4.69, 9.17) is 21.1 Å². The van der Waals surface area contributed by atoms with E-state index in [2.05, 4.69) is 9.62 Å². The summed E-state index contributed by atoms with van der Waals surface area (Å²) in [6.07, 6.45) is 0.843. The van der Waals surface area contributed by atoms with Crippen LogP contribution in [0.25, 0.3) is 0 Å². The molecule has 0 bridgehead atoms. The van der Waals surface area contributed by atoms with Gasteiger partial charge in [-0.2, -0.15) is 0 Å². The van der Waals surface area contributed by atoms with Crippen molar-refractivity contribution in [2.75, 3.05) is 50.8 Å². The van der Waals surface area contributed by atoms with Gasteiger partial charge in [0, 0.05) is 62.3 Å². The number of piperazine rings is 1. The molecule has 2 aromatic carbocycles. The number of hydrogen-bond acceptors (Lipinski definition) is 6. The number of amides is 1. The molecule has 1 fully saturated rings. The Morgan fingerprint density at radius 1 is 0.969 bits per heavy atom. The molecule has 10 heteroatoms. The van der Waals surface area contributed by atoms with Gasteiger partial charge in [-0.15, -0.1) is 0 Å². The lowest BCUT2D eigenvalue weighted by atomic mass is 10.2. The van der Waals surface area contributed by atoms with E-state index in [1.54, 1.807) is 11.0 Å². The van der Waals surface area contributed by atoms with Crippen LogP contribution in [-0.2, 0) is 14.8 Å². The van der Waals surface area contributed by atoms with Gasteiger partial charge in [-0.25, -0.2) is 13.1 Å². The number of hydrogen-bond donors (Lipinski definition) is 1.